The highest BCUT2D eigenvalue weighted by Gasteiger charge is 2.31. The van der Waals surface area contributed by atoms with E-state index >= 15 is 0 Å². The molecule has 0 aliphatic carbocycles. The first kappa shape index (κ1) is 18.2. The number of amides is 1. The molecule has 2 rings (SSSR count). The molecule has 0 saturated carbocycles. The van der Waals surface area contributed by atoms with E-state index in [0.717, 1.165) is 6.07 Å². The second-order valence-corrected chi connectivity index (χ2v) is 5.49. The van der Waals surface area contributed by atoms with Crippen LogP contribution in [0.4, 0.5) is 11.4 Å². The average molecular weight is 351 g/mol. The number of aliphatic carboxylic acids is 1. The van der Waals surface area contributed by atoms with Crippen LogP contribution >= 0.6 is 0 Å². The van der Waals surface area contributed by atoms with E-state index in [-0.39, 0.29) is 30.0 Å². The van der Waals surface area contributed by atoms with E-state index in [4.69, 9.17) is 5.11 Å². The molecular weight excluding hydrogens is 334 g/mol. The van der Waals surface area contributed by atoms with E-state index in [9.17, 15) is 24.5 Å². The minimum absolute atomic E-state index is 0.0216. The van der Waals surface area contributed by atoms with E-state index < -0.39 is 28.7 Å². The molecule has 1 fully saturated rings. The Labute approximate surface area is 142 Å². The van der Waals surface area contributed by atoms with Crippen LogP contribution in [0.2, 0.25) is 0 Å². The standard InChI is InChI=1S/C15H17N3O7/c1-25-13(19)7-16-14(20)9-2-3-11(12(6-9)18(23)24)17-5-4-10(8-17)15(21)22/h2-3,6,10H,4-5,7-8H2,1H3,(H,16,20)(H,21,22). The van der Waals surface area contributed by atoms with Crippen LogP contribution in [0.3, 0.4) is 0 Å². The van der Waals surface area contributed by atoms with Crippen LogP contribution in [0.1, 0.15) is 16.8 Å². The molecule has 1 aromatic rings. The minimum atomic E-state index is -0.941. The lowest BCUT2D eigenvalue weighted by molar-refractivity contribution is -0.384. The molecule has 1 aliphatic heterocycles. The third-order valence-corrected chi connectivity index (χ3v) is 3.93. The summed E-state index contributed by atoms with van der Waals surface area (Å²) in [5.74, 6) is -2.81. The van der Waals surface area contributed by atoms with Crippen molar-refractivity contribution < 1.29 is 29.2 Å². The van der Waals surface area contributed by atoms with Gasteiger partial charge in [-0.3, -0.25) is 24.5 Å². The van der Waals surface area contributed by atoms with Gasteiger partial charge in [-0.2, -0.15) is 0 Å². The van der Waals surface area contributed by atoms with Crippen molar-refractivity contribution in [1.29, 1.82) is 0 Å². The number of nitrogens with zero attached hydrogens (tertiary/aromatic N) is 2. The second-order valence-electron chi connectivity index (χ2n) is 5.49. The third-order valence-electron chi connectivity index (χ3n) is 3.93. The molecule has 0 aromatic heterocycles. The lowest BCUT2D eigenvalue weighted by Gasteiger charge is -2.18. The summed E-state index contributed by atoms with van der Waals surface area (Å²) in [6.45, 7) is 0.201. The number of esters is 1. The van der Waals surface area contributed by atoms with Gasteiger partial charge in [0, 0.05) is 24.7 Å². The highest BCUT2D eigenvalue weighted by atomic mass is 16.6. The van der Waals surface area contributed by atoms with Gasteiger partial charge in [0.2, 0.25) is 0 Å². The second kappa shape index (κ2) is 7.60. The Kier molecular flexibility index (Phi) is 5.52. The van der Waals surface area contributed by atoms with Crippen LogP contribution in [0.15, 0.2) is 18.2 Å². The van der Waals surface area contributed by atoms with Gasteiger partial charge in [0.1, 0.15) is 12.2 Å². The molecule has 0 bridgehead atoms. The molecule has 1 heterocycles. The fourth-order valence-electron chi connectivity index (χ4n) is 2.59. The summed E-state index contributed by atoms with van der Waals surface area (Å²) < 4.78 is 4.40. The fourth-order valence-corrected chi connectivity index (χ4v) is 2.59. The van der Waals surface area contributed by atoms with Gasteiger partial charge in [-0.25, -0.2) is 0 Å². The van der Waals surface area contributed by atoms with Crippen LogP contribution in [-0.4, -0.2) is 54.6 Å². The zero-order valence-corrected chi connectivity index (χ0v) is 13.4. The molecule has 1 aromatic carbocycles. The first-order chi connectivity index (χ1) is 11.8. The van der Waals surface area contributed by atoms with Crippen molar-refractivity contribution in [2.45, 2.75) is 6.42 Å². The van der Waals surface area contributed by atoms with Crippen molar-refractivity contribution in [1.82, 2.24) is 5.32 Å². The number of rotatable bonds is 6. The Morgan fingerprint density at radius 2 is 2.16 bits per heavy atom. The van der Waals surface area contributed by atoms with Crippen LogP contribution in [0, 0.1) is 16.0 Å². The van der Waals surface area contributed by atoms with Crippen molar-refractivity contribution in [2.75, 3.05) is 31.6 Å². The molecule has 1 aliphatic rings. The van der Waals surface area contributed by atoms with E-state index in [1.807, 2.05) is 0 Å². The summed E-state index contributed by atoms with van der Waals surface area (Å²) >= 11 is 0. The number of nitrogens with one attached hydrogen (secondary N) is 1. The van der Waals surface area contributed by atoms with Gasteiger partial charge in [0.05, 0.1) is 18.0 Å². The maximum absolute atomic E-state index is 12.0. The highest BCUT2D eigenvalue weighted by molar-refractivity contribution is 5.97. The molecule has 0 radical (unpaired) electrons. The fraction of sp³-hybridized carbons (Fsp3) is 0.400. The van der Waals surface area contributed by atoms with Crippen molar-refractivity contribution in [3.8, 4) is 0 Å². The van der Waals surface area contributed by atoms with Crippen molar-refractivity contribution >= 4 is 29.2 Å². The third kappa shape index (κ3) is 4.22. The van der Waals surface area contributed by atoms with Crippen LogP contribution in [0.5, 0.6) is 0 Å². The van der Waals surface area contributed by atoms with Crippen molar-refractivity contribution in [2.24, 2.45) is 5.92 Å². The molecule has 1 unspecified atom stereocenters. The van der Waals surface area contributed by atoms with Gasteiger partial charge in [0.15, 0.2) is 0 Å². The Morgan fingerprint density at radius 1 is 1.44 bits per heavy atom. The van der Waals surface area contributed by atoms with Crippen LogP contribution in [0.25, 0.3) is 0 Å². The smallest absolute Gasteiger partial charge is 0.325 e. The Bertz CT molecular complexity index is 719. The summed E-state index contributed by atoms with van der Waals surface area (Å²) in [6.07, 6.45) is 0.397. The van der Waals surface area contributed by atoms with Crippen LogP contribution < -0.4 is 10.2 Å². The number of nitro benzene ring substituents is 1. The summed E-state index contributed by atoms with van der Waals surface area (Å²) in [6, 6.07) is 3.91. The number of benzene rings is 1. The van der Waals surface area contributed by atoms with E-state index in [1.165, 1.54) is 19.2 Å². The predicted molar refractivity (Wildman–Crippen MR) is 85.4 cm³/mol. The SMILES string of the molecule is COC(=O)CNC(=O)c1ccc(N2CCC(C(=O)O)C2)c([N+](=O)[O-])c1. The number of carboxylic acid groups (broad SMARTS) is 1. The minimum Gasteiger partial charge on any atom is -0.481 e. The quantitative estimate of drug-likeness (QED) is 0.427. The van der Waals surface area contributed by atoms with E-state index in [1.54, 1.807) is 4.90 Å². The number of nitro groups is 1. The molecular formula is C15H17N3O7. The van der Waals surface area contributed by atoms with E-state index in [2.05, 4.69) is 10.1 Å². The molecule has 10 nitrogen and oxygen atoms in total. The molecule has 10 heteroatoms. The first-order valence-electron chi connectivity index (χ1n) is 7.44. The molecule has 1 saturated heterocycles. The van der Waals surface area contributed by atoms with Crippen LogP contribution in [-0.2, 0) is 14.3 Å². The summed E-state index contributed by atoms with van der Waals surface area (Å²) in [7, 11) is 1.18. The predicted octanol–water partition coefficient (Wildman–Crippen LogP) is 0.408. The first-order valence-corrected chi connectivity index (χ1v) is 7.44. The average Bonchev–Trinajstić information content (AvgIpc) is 3.08. The van der Waals surface area contributed by atoms with Gasteiger partial charge in [-0.05, 0) is 18.6 Å². The normalized spacial score (nSPS) is 16.4. The summed E-state index contributed by atoms with van der Waals surface area (Å²) in [5.41, 5.74) is -0.0108. The monoisotopic (exact) mass is 351 g/mol. The molecule has 1 atom stereocenters. The van der Waals surface area contributed by atoms with Gasteiger partial charge in [-0.15, -0.1) is 0 Å². The molecule has 25 heavy (non-hydrogen) atoms. The highest BCUT2D eigenvalue weighted by Crippen LogP contribution is 2.33. The number of carbonyl (C=O) groups is 3. The molecule has 1 amide bonds. The zero-order valence-electron chi connectivity index (χ0n) is 13.4. The van der Waals surface area contributed by atoms with Gasteiger partial charge in [-0.1, -0.05) is 0 Å². The van der Waals surface area contributed by atoms with Gasteiger partial charge < -0.3 is 20.1 Å². The number of hydrogen-bond donors (Lipinski definition) is 2. The Hall–Kier alpha value is -3.17. The number of anilines is 1. The Morgan fingerprint density at radius 3 is 2.72 bits per heavy atom. The lowest BCUT2D eigenvalue weighted by atomic mass is 10.1. The summed E-state index contributed by atoms with van der Waals surface area (Å²) in [5, 5.41) is 22.7. The molecule has 134 valence electrons. The maximum atomic E-state index is 12.0. The lowest BCUT2D eigenvalue weighted by Crippen LogP contribution is -2.30. The number of hydrogen-bond acceptors (Lipinski definition) is 7. The zero-order chi connectivity index (χ0) is 18.6. The number of ether oxygens (including phenoxy) is 1. The number of carboxylic acids is 1. The van der Waals surface area contributed by atoms with Gasteiger partial charge in [0.25, 0.3) is 11.6 Å². The number of methoxy groups -OCH3 is 1. The number of carbonyl (C=O) groups excluding carboxylic acids is 2. The Balaban J connectivity index is 2.20. The maximum Gasteiger partial charge on any atom is 0.325 e. The molecule has 0 spiro atoms. The summed E-state index contributed by atoms with van der Waals surface area (Å²) in [4.78, 5) is 46.4. The van der Waals surface area contributed by atoms with Crippen molar-refractivity contribution in [3.05, 3.63) is 33.9 Å². The topological polar surface area (TPSA) is 139 Å². The van der Waals surface area contributed by atoms with E-state index in [0.29, 0.717) is 13.0 Å². The van der Waals surface area contributed by atoms with Gasteiger partial charge >= 0.3 is 11.9 Å². The van der Waals surface area contributed by atoms with Crippen molar-refractivity contribution in [3.63, 3.8) is 0 Å². The largest absolute Gasteiger partial charge is 0.481 e. The molecule has 2 N–H and O–H groups in total.